The first-order chi connectivity index (χ1) is 12.8. The van der Waals surface area contributed by atoms with Crippen molar-refractivity contribution in [3.8, 4) is 0 Å². The van der Waals surface area contributed by atoms with Crippen molar-refractivity contribution in [2.45, 2.75) is 44.2 Å². The van der Waals surface area contributed by atoms with Crippen LogP contribution >= 0.6 is 15.9 Å². The van der Waals surface area contributed by atoms with Gasteiger partial charge in [-0.05, 0) is 64.5 Å². The second-order valence-corrected chi connectivity index (χ2v) is 9.97. The molecule has 1 amide bonds. The molecule has 0 unspecified atom stereocenters. The van der Waals surface area contributed by atoms with Gasteiger partial charge in [0, 0.05) is 36.2 Å². The third-order valence-corrected chi connectivity index (χ3v) is 8.21. The van der Waals surface area contributed by atoms with Gasteiger partial charge in [-0.3, -0.25) is 4.79 Å². The van der Waals surface area contributed by atoms with Gasteiger partial charge in [0.15, 0.2) is 0 Å². The highest BCUT2D eigenvalue weighted by atomic mass is 79.9. The number of hydrogen-bond acceptors (Lipinski definition) is 3. The number of benzene rings is 2. The number of amides is 1. The Hall–Kier alpha value is -1.70. The second-order valence-electron chi connectivity index (χ2n) is 7.21. The maximum Gasteiger partial charge on any atom is 0.244 e. The van der Waals surface area contributed by atoms with Crippen molar-refractivity contribution in [3.05, 3.63) is 57.6 Å². The molecule has 0 fully saturated rings. The van der Waals surface area contributed by atoms with Crippen LogP contribution in [0.2, 0.25) is 0 Å². The maximum absolute atomic E-state index is 13.4. The molecule has 4 rings (SSSR count). The Morgan fingerprint density at radius 2 is 1.85 bits per heavy atom. The van der Waals surface area contributed by atoms with Crippen molar-refractivity contribution in [3.63, 3.8) is 0 Å². The van der Waals surface area contributed by atoms with Crippen LogP contribution in [0, 0.1) is 0 Å². The van der Waals surface area contributed by atoms with Crippen LogP contribution in [0.3, 0.4) is 0 Å². The van der Waals surface area contributed by atoms with Gasteiger partial charge in [-0.2, -0.15) is 4.31 Å². The molecule has 5 nitrogen and oxygen atoms in total. The standard InChI is InChI=1S/C20H21BrN2O3S/c1-13-9-17-10-18(21)20(11-19(17)23(13)14(2)24)27(25,26)22-8-7-15-5-3-4-6-16(15)12-22/h3-6,10-11,13H,7-9,12H2,1-2H3/t13-/m0/s1. The summed E-state index contributed by atoms with van der Waals surface area (Å²) >= 11 is 3.45. The quantitative estimate of drug-likeness (QED) is 0.706. The molecule has 1 atom stereocenters. The van der Waals surface area contributed by atoms with E-state index in [0.29, 0.717) is 29.7 Å². The summed E-state index contributed by atoms with van der Waals surface area (Å²) in [7, 11) is -3.68. The fraction of sp³-hybridized carbons (Fsp3) is 0.350. The van der Waals surface area contributed by atoms with E-state index < -0.39 is 10.0 Å². The van der Waals surface area contributed by atoms with Gasteiger partial charge in [0.05, 0.1) is 4.90 Å². The van der Waals surface area contributed by atoms with Crippen LogP contribution in [0.4, 0.5) is 5.69 Å². The molecule has 0 saturated carbocycles. The Labute approximate surface area is 168 Å². The molecule has 142 valence electrons. The molecule has 2 aromatic carbocycles. The van der Waals surface area contributed by atoms with Crippen LogP contribution in [0.15, 0.2) is 45.8 Å². The Bertz CT molecular complexity index is 1040. The van der Waals surface area contributed by atoms with E-state index in [1.807, 2.05) is 31.2 Å². The molecule has 0 aliphatic carbocycles. The molecular formula is C20H21BrN2O3S. The summed E-state index contributed by atoms with van der Waals surface area (Å²) in [6.07, 6.45) is 1.43. The van der Waals surface area contributed by atoms with E-state index in [1.165, 1.54) is 16.8 Å². The van der Waals surface area contributed by atoms with Gasteiger partial charge in [-0.1, -0.05) is 24.3 Å². The van der Waals surface area contributed by atoms with Crippen molar-refractivity contribution < 1.29 is 13.2 Å². The van der Waals surface area contributed by atoms with Crippen molar-refractivity contribution in [2.75, 3.05) is 11.4 Å². The van der Waals surface area contributed by atoms with E-state index in [0.717, 1.165) is 17.5 Å². The maximum atomic E-state index is 13.4. The van der Waals surface area contributed by atoms with Crippen molar-refractivity contribution in [1.29, 1.82) is 0 Å². The van der Waals surface area contributed by atoms with Crippen LogP contribution < -0.4 is 4.90 Å². The Balaban J connectivity index is 1.74. The number of halogens is 1. The highest BCUT2D eigenvalue weighted by Gasteiger charge is 2.34. The highest BCUT2D eigenvalue weighted by molar-refractivity contribution is 9.10. The van der Waals surface area contributed by atoms with Gasteiger partial charge in [-0.25, -0.2) is 8.42 Å². The summed E-state index contributed by atoms with van der Waals surface area (Å²) in [4.78, 5) is 14.0. The van der Waals surface area contributed by atoms with Crippen LogP contribution in [-0.2, 0) is 34.2 Å². The van der Waals surface area contributed by atoms with Crippen LogP contribution in [0.25, 0.3) is 0 Å². The van der Waals surface area contributed by atoms with Gasteiger partial charge < -0.3 is 4.90 Å². The molecule has 2 aliphatic rings. The zero-order valence-electron chi connectivity index (χ0n) is 15.3. The van der Waals surface area contributed by atoms with Gasteiger partial charge in [0.1, 0.15) is 0 Å². The number of sulfonamides is 1. The molecule has 0 aromatic heterocycles. The number of carbonyl (C=O) groups excluding carboxylic acids is 1. The van der Waals surface area contributed by atoms with E-state index in [4.69, 9.17) is 0 Å². The van der Waals surface area contributed by atoms with E-state index in [9.17, 15) is 13.2 Å². The minimum absolute atomic E-state index is 0.0317. The summed E-state index contributed by atoms with van der Waals surface area (Å²) in [5, 5.41) is 0. The number of anilines is 1. The smallest absolute Gasteiger partial charge is 0.244 e. The minimum atomic E-state index is -3.68. The minimum Gasteiger partial charge on any atom is -0.309 e. The van der Waals surface area contributed by atoms with Gasteiger partial charge in [0.2, 0.25) is 15.9 Å². The normalized spacial score (nSPS) is 19.7. The monoisotopic (exact) mass is 448 g/mol. The molecule has 0 spiro atoms. The first-order valence-electron chi connectivity index (χ1n) is 8.98. The molecule has 2 aliphatic heterocycles. The van der Waals surface area contributed by atoms with Crippen molar-refractivity contribution >= 4 is 37.5 Å². The van der Waals surface area contributed by atoms with Crippen LogP contribution in [-0.4, -0.2) is 31.2 Å². The summed E-state index contributed by atoms with van der Waals surface area (Å²) in [5.41, 5.74) is 3.94. The summed E-state index contributed by atoms with van der Waals surface area (Å²) in [5.74, 6) is -0.0705. The number of hydrogen-bond donors (Lipinski definition) is 0. The largest absolute Gasteiger partial charge is 0.309 e. The molecule has 2 heterocycles. The fourth-order valence-electron chi connectivity index (χ4n) is 4.11. The third-order valence-electron chi connectivity index (χ3n) is 5.40. The molecule has 27 heavy (non-hydrogen) atoms. The summed E-state index contributed by atoms with van der Waals surface area (Å²) in [6.45, 7) is 4.32. The lowest BCUT2D eigenvalue weighted by atomic mass is 10.0. The van der Waals surface area contributed by atoms with Gasteiger partial charge in [0.25, 0.3) is 0 Å². The summed E-state index contributed by atoms with van der Waals surface area (Å²) < 4.78 is 28.8. The first kappa shape index (κ1) is 18.7. The molecule has 2 aromatic rings. The van der Waals surface area contributed by atoms with Gasteiger partial charge in [-0.15, -0.1) is 0 Å². The number of carbonyl (C=O) groups is 1. The SMILES string of the molecule is CC(=O)N1c2cc(S(=O)(=O)N3CCc4ccccc4C3)c(Br)cc2C[C@@H]1C. The van der Waals surface area contributed by atoms with E-state index in [1.54, 1.807) is 11.0 Å². The molecule has 0 radical (unpaired) electrons. The fourth-order valence-corrected chi connectivity index (χ4v) is 6.60. The second kappa shape index (κ2) is 6.72. The third kappa shape index (κ3) is 3.11. The van der Waals surface area contributed by atoms with Crippen LogP contribution in [0.5, 0.6) is 0 Å². The lowest BCUT2D eigenvalue weighted by molar-refractivity contribution is -0.116. The number of rotatable bonds is 2. The molecule has 0 bridgehead atoms. The van der Waals surface area contributed by atoms with Crippen molar-refractivity contribution in [1.82, 2.24) is 4.31 Å². The van der Waals surface area contributed by atoms with Crippen molar-refractivity contribution in [2.24, 2.45) is 0 Å². The molecule has 0 saturated heterocycles. The van der Waals surface area contributed by atoms with Gasteiger partial charge >= 0.3 is 0 Å². The molecular weight excluding hydrogens is 428 g/mol. The zero-order chi connectivity index (χ0) is 19.3. The average molecular weight is 449 g/mol. The Morgan fingerprint density at radius 3 is 2.56 bits per heavy atom. The number of nitrogens with zero attached hydrogens (tertiary/aromatic N) is 2. The number of fused-ring (bicyclic) bond motifs is 2. The topological polar surface area (TPSA) is 57.7 Å². The lowest BCUT2D eigenvalue weighted by Crippen LogP contribution is -2.36. The van der Waals surface area contributed by atoms with Crippen LogP contribution in [0.1, 0.15) is 30.5 Å². The van der Waals surface area contributed by atoms with E-state index >= 15 is 0 Å². The Morgan fingerprint density at radius 1 is 1.15 bits per heavy atom. The summed E-state index contributed by atoms with van der Waals surface area (Å²) in [6, 6.07) is 11.5. The average Bonchev–Trinajstić information content (AvgIpc) is 2.95. The molecule has 0 N–H and O–H groups in total. The predicted molar refractivity (Wildman–Crippen MR) is 108 cm³/mol. The lowest BCUT2D eigenvalue weighted by Gasteiger charge is -2.29. The molecule has 7 heteroatoms. The predicted octanol–water partition coefficient (Wildman–Crippen LogP) is 3.49. The first-order valence-corrected chi connectivity index (χ1v) is 11.2. The van der Waals surface area contributed by atoms with E-state index in [-0.39, 0.29) is 16.8 Å². The van der Waals surface area contributed by atoms with E-state index in [2.05, 4.69) is 22.0 Å². The highest BCUT2D eigenvalue weighted by Crippen LogP contribution is 2.39. The Kier molecular flexibility index (Phi) is 4.64. The zero-order valence-corrected chi connectivity index (χ0v) is 17.7.